The summed E-state index contributed by atoms with van der Waals surface area (Å²) >= 11 is 5.93. The van der Waals surface area contributed by atoms with Crippen molar-refractivity contribution in [2.75, 3.05) is 18.6 Å². The van der Waals surface area contributed by atoms with E-state index < -0.39 is 5.82 Å². The second-order valence-corrected chi connectivity index (χ2v) is 6.79. The van der Waals surface area contributed by atoms with E-state index in [-0.39, 0.29) is 24.3 Å². The molecule has 3 aromatic carbocycles. The highest BCUT2D eigenvalue weighted by Gasteiger charge is 2.15. The molecule has 0 saturated carbocycles. The first-order chi connectivity index (χ1) is 14.5. The van der Waals surface area contributed by atoms with Gasteiger partial charge in [-0.2, -0.15) is 4.98 Å². The molecule has 0 aliphatic carbocycles. The lowest BCUT2D eigenvalue weighted by molar-refractivity contribution is -0.120. The van der Waals surface area contributed by atoms with Crippen LogP contribution in [-0.4, -0.2) is 24.5 Å². The molecule has 4 rings (SSSR count). The predicted molar refractivity (Wildman–Crippen MR) is 111 cm³/mol. The average molecular weight is 427 g/mol. The predicted octanol–water partition coefficient (Wildman–Crippen LogP) is 5.45. The number of fused-ring (bicyclic) bond motifs is 1. The van der Waals surface area contributed by atoms with Gasteiger partial charge < -0.3 is 18.8 Å². The Morgan fingerprint density at radius 2 is 1.83 bits per heavy atom. The maximum absolute atomic E-state index is 13.8. The number of carbonyl (C=O) groups excluding carboxylic acids is 1. The number of rotatable bonds is 6. The highest BCUT2D eigenvalue weighted by Crippen LogP contribution is 2.28. The zero-order valence-corrected chi connectivity index (χ0v) is 16.6. The van der Waals surface area contributed by atoms with Gasteiger partial charge in [-0.1, -0.05) is 23.7 Å². The highest BCUT2D eigenvalue weighted by molar-refractivity contribution is 6.31. The van der Waals surface area contributed by atoms with Gasteiger partial charge in [0, 0.05) is 18.1 Å². The lowest BCUT2D eigenvalue weighted by Gasteiger charge is -2.18. The van der Waals surface area contributed by atoms with Crippen molar-refractivity contribution in [3.63, 3.8) is 0 Å². The maximum Gasteiger partial charge on any atom is 0.400 e. The Hall–Kier alpha value is -3.58. The molecule has 0 fully saturated rings. The number of benzene rings is 3. The van der Waals surface area contributed by atoms with E-state index in [1.165, 1.54) is 24.1 Å². The van der Waals surface area contributed by atoms with E-state index in [2.05, 4.69) is 4.98 Å². The maximum atomic E-state index is 13.8. The molecule has 1 heterocycles. The topological polar surface area (TPSA) is 64.8 Å². The number of carbonyl (C=O) groups is 1. The molecule has 6 nitrogen and oxygen atoms in total. The molecule has 0 radical (unpaired) electrons. The third-order valence-corrected chi connectivity index (χ3v) is 4.55. The number of nitrogens with zero attached hydrogens (tertiary/aromatic N) is 2. The van der Waals surface area contributed by atoms with Crippen LogP contribution in [0.15, 0.2) is 71.1 Å². The number of hydrogen-bond donors (Lipinski definition) is 0. The number of aromatic nitrogens is 1. The smallest absolute Gasteiger partial charge is 0.400 e. The third-order valence-electron chi connectivity index (χ3n) is 4.31. The third kappa shape index (κ3) is 4.36. The first-order valence-corrected chi connectivity index (χ1v) is 9.35. The monoisotopic (exact) mass is 426 g/mol. The fourth-order valence-corrected chi connectivity index (χ4v) is 2.89. The van der Waals surface area contributed by atoms with E-state index in [1.54, 1.807) is 54.6 Å². The summed E-state index contributed by atoms with van der Waals surface area (Å²) < 4.78 is 30.4. The number of halogens is 2. The summed E-state index contributed by atoms with van der Waals surface area (Å²) in [6, 6.07) is 17.8. The van der Waals surface area contributed by atoms with Gasteiger partial charge in [-0.15, -0.1) is 0 Å². The van der Waals surface area contributed by atoms with Crippen molar-refractivity contribution < 1.29 is 23.1 Å². The molecule has 0 bridgehead atoms. The lowest BCUT2D eigenvalue weighted by atomic mass is 10.3. The second kappa shape index (κ2) is 8.42. The summed E-state index contributed by atoms with van der Waals surface area (Å²) in [6.45, 7) is -0.239. The van der Waals surface area contributed by atoms with Crippen molar-refractivity contribution in [3.05, 3.63) is 77.6 Å². The number of hydrogen-bond acceptors (Lipinski definition) is 5. The van der Waals surface area contributed by atoms with E-state index in [4.69, 9.17) is 25.5 Å². The number of anilines is 1. The zero-order chi connectivity index (χ0) is 21.1. The van der Waals surface area contributed by atoms with Crippen LogP contribution in [0.25, 0.3) is 11.1 Å². The van der Waals surface area contributed by atoms with Crippen LogP contribution in [-0.2, 0) is 4.79 Å². The van der Waals surface area contributed by atoms with Crippen molar-refractivity contribution in [2.45, 2.75) is 0 Å². The molecule has 0 aliphatic heterocycles. The van der Waals surface area contributed by atoms with Gasteiger partial charge in [-0.3, -0.25) is 4.79 Å². The first-order valence-electron chi connectivity index (χ1n) is 8.97. The van der Waals surface area contributed by atoms with E-state index in [0.29, 0.717) is 27.6 Å². The minimum absolute atomic E-state index is 0.0858. The van der Waals surface area contributed by atoms with Crippen molar-refractivity contribution in [1.82, 2.24) is 4.98 Å². The Morgan fingerprint density at radius 1 is 1.10 bits per heavy atom. The highest BCUT2D eigenvalue weighted by atomic mass is 35.5. The van der Waals surface area contributed by atoms with Gasteiger partial charge >= 0.3 is 6.08 Å². The molecule has 30 heavy (non-hydrogen) atoms. The molecule has 152 valence electrons. The molecule has 0 aliphatic rings. The van der Waals surface area contributed by atoms with Crippen molar-refractivity contribution >= 4 is 34.3 Å². The largest absolute Gasteiger partial charge is 0.484 e. The molecular weight excluding hydrogens is 411 g/mol. The van der Waals surface area contributed by atoms with E-state index in [1.807, 2.05) is 0 Å². The second-order valence-electron chi connectivity index (χ2n) is 6.36. The molecule has 4 aromatic rings. The van der Waals surface area contributed by atoms with Gasteiger partial charge in [0.25, 0.3) is 5.91 Å². The summed E-state index contributed by atoms with van der Waals surface area (Å²) in [5.74, 6) is 0.0821. The Morgan fingerprint density at radius 3 is 2.60 bits per heavy atom. The van der Waals surface area contributed by atoms with Crippen LogP contribution in [0, 0.1) is 5.82 Å². The molecule has 0 spiro atoms. The zero-order valence-electron chi connectivity index (χ0n) is 15.8. The number of likely N-dealkylation sites (N-methyl/N-ethyl adjacent to an activating group) is 1. The van der Waals surface area contributed by atoms with Crippen molar-refractivity contribution in [1.29, 1.82) is 0 Å². The summed E-state index contributed by atoms with van der Waals surface area (Å²) in [5.41, 5.74) is 1.34. The van der Waals surface area contributed by atoms with Gasteiger partial charge in [0.2, 0.25) is 0 Å². The quantitative estimate of drug-likeness (QED) is 0.410. The van der Waals surface area contributed by atoms with E-state index in [9.17, 15) is 9.18 Å². The Kier molecular flexibility index (Phi) is 5.54. The number of ether oxygens (including phenoxy) is 2. The van der Waals surface area contributed by atoms with E-state index >= 15 is 0 Å². The van der Waals surface area contributed by atoms with Gasteiger partial charge in [-0.05, 0) is 48.5 Å². The average Bonchev–Trinajstić information content (AvgIpc) is 3.14. The molecule has 1 amide bonds. The van der Waals surface area contributed by atoms with Crippen LogP contribution < -0.4 is 14.4 Å². The molecule has 0 N–H and O–H groups in total. The molecule has 0 saturated heterocycles. The summed E-state index contributed by atoms with van der Waals surface area (Å²) in [4.78, 5) is 17.7. The molecule has 0 atom stereocenters. The van der Waals surface area contributed by atoms with Crippen LogP contribution >= 0.6 is 11.6 Å². The van der Waals surface area contributed by atoms with Crippen LogP contribution in [0.4, 0.5) is 10.1 Å². The van der Waals surface area contributed by atoms with Crippen LogP contribution in [0.5, 0.6) is 17.6 Å². The normalized spacial score (nSPS) is 10.8. The fraction of sp³-hybridized carbons (Fsp3) is 0.0909. The van der Waals surface area contributed by atoms with Gasteiger partial charge in [-0.25, -0.2) is 4.39 Å². The van der Waals surface area contributed by atoms with E-state index in [0.717, 1.165) is 0 Å². The summed E-state index contributed by atoms with van der Waals surface area (Å²) in [5, 5.41) is 0.543. The summed E-state index contributed by atoms with van der Waals surface area (Å²) in [7, 11) is 1.49. The molecule has 8 heteroatoms. The number of oxazole rings is 1. The van der Waals surface area contributed by atoms with Gasteiger partial charge in [0.15, 0.2) is 12.2 Å². The SMILES string of the molecule is CN(C(=O)COc1ccc(Oc2nc3ccc(Cl)cc3o2)cc1)c1ccccc1F. The lowest BCUT2D eigenvalue weighted by Crippen LogP contribution is -2.31. The summed E-state index contributed by atoms with van der Waals surface area (Å²) in [6.07, 6.45) is 0.0858. The minimum atomic E-state index is -0.476. The standard InChI is InChI=1S/C22H16ClFN2O4/c1-26(19-5-3-2-4-17(19)24)21(27)13-28-15-7-9-16(10-8-15)29-22-25-18-11-6-14(23)12-20(18)30-22/h2-12H,13H2,1H3. The molecule has 1 aromatic heterocycles. The van der Waals surface area contributed by atoms with Crippen molar-refractivity contribution in [3.8, 4) is 17.6 Å². The van der Waals surface area contributed by atoms with Gasteiger partial charge in [0.1, 0.15) is 22.8 Å². The molecule has 0 unspecified atom stereocenters. The molecular formula is C22H16ClFN2O4. The van der Waals surface area contributed by atoms with Gasteiger partial charge in [0.05, 0.1) is 5.69 Å². The van der Waals surface area contributed by atoms with Crippen LogP contribution in [0.2, 0.25) is 5.02 Å². The van der Waals surface area contributed by atoms with Crippen LogP contribution in [0.1, 0.15) is 0 Å². The van der Waals surface area contributed by atoms with Crippen LogP contribution in [0.3, 0.4) is 0 Å². The first kappa shape index (κ1) is 19.7. The Labute approximate surface area is 176 Å². The number of amides is 1. The minimum Gasteiger partial charge on any atom is -0.484 e. The van der Waals surface area contributed by atoms with Crippen molar-refractivity contribution in [2.24, 2.45) is 0 Å². The Bertz CT molecular complexity index is 1190. The fourth-order valence-electron chi connectivity index (χ4n) is 2.73. The Balaban J connectivity index is 1.36. The number of para-hydroxylation sites is 1.